The molecule has 140 valence electrons. The van der Waals surface area contributed by atoms with E-state index in [1.807, 2.05) is 0 Å². The second-order valence-corrected chi connectivity index (χ2v) is 7.99. The Morgan fingerprint density at radius 3 is 2.24 bits per heavy atom. The van der Waals surface area contributed by atoms with Crippen LogP contribution in [0.15, 0.2) is 41.4 Å². The fraction of sp³-hybridized carbons (Fsp3) is 0.526. The number of ether oxygens (including phenoxy) is 1. The number of carbonyl (C=O) groups excluding carboxylic acids is 1. The van der Waals surface area contributed by atoms with E-state index in [0.29, 0.717) is 18.7 Å². The van der Waals surface area contributed by atoms with Gasteiger partial charge in [0.25, 0.3) is 0 Å². The average molecular weight is 368 g/mol. The second kappa shape index (κ2) is 10.2. The highest BCUT2D eigenvalue weighted by Crippen LogP contribution is 2.18. The molecule has 0 aliphatic rings. The normalized spacial score (nSPS) is 11.2. The van der Waals surface area contributed by atoms with Gasteiger partial charge in [0.2, 0.25) is 0 Å². The van der Waals surface area contributed by atoms with Crippen LogP contribution in [0.3, 0.4) is 0 Å². The summed E-state index contributed by atoms with van der Waals surface area (Å²) in [6, 6.07) is 6.01. The molecule has 25 heavy (non-hydrogen) atoms. The lowest BCUT2D eigenvalue weighted by Crippen LogP contribution is -2.26. The van der Waals surface area contributed by atoms with E-state index in [4.69, 9.17) is 4.74 Å². The lowest BCUT2D eigenvalue weighted by atomic mass is 10.3. The minimum atomic E-state index is -3.35. The maximum Gasteiger partial charge on any atom is 0.310 e. The Bertz CT molecular complexity index is 665. The van der Waals surface area contributed by atoms with Crippen molar-refractivity contribution in [1.29, 1.82) is 0 Å². The molecule has 0 aliphatic heterocycles. The Labute approximate surface area is 151 Å². The van der Waals surface area contributed by atoms with Gasteiger partial charge in [0.1, 0.15) is 5.75 Å². The zero-order valence-electron chi connectivity index (χ0n) is 15.5. The summed E-state index contributed by atoms with van der Waals surface area (Å²) in [6.45, 7) is 11.5. The van der Waals surface area contributed by atoms with Crippen molar-refractivity contribution in [3.05, 3.63) is 36.5 Å². The highest BCUT2D eigenvalue weighted by molar-refractivity contribution is 7.91. The molecule has 0 saturated heterocycles. The van der Waals surface area contributed by atoms with Gasteiger partial charge in [0.15, 0.2) is 9.84 Å². The highest BCUT2D eigenvalue weighted by atomic mass is 32.2. The summed E-state index contributed by atoms with van der Waals surface area (Å²) in [7, 11) is -3.35. The van der Waals surface area contributed by atoms with Gasteiger partial charge >= 0.3 is 5.97 Å². The number of hydrogen-bond acceptors (Lipinski definition) is 5. The topological polar surface area (TPSA) is 63.7 Å². The molecule has 0 aromatic heterocycles. The molecule has 0 N–H and O–H groups in total. The molecule has 0 amide bonds. The van der Waals surface area contributed by atoms with Crippen molar-refractivity contribution in [3.8, 4) is 5.75 Å². The molecule has 0 spiro atoms. The van der Waals surface area contributed by atoms with Gasteiger partial charge in [-0.05, 0) is 43.5 Å². The standard InChI is InChI=1S/C19H29NO4S/c1-5-13-20(16(4)6-2)14-8-15-25(22,23)18-11-9-17(10-12-18)24-19(21)7-3/h9-12H,4-8,13-15H2,1-3H3. The van der Waals surface area contributed by atoms with Crippen LogP contribution in [-0.2, 0) is 14.6 Å². The van der Waals surface area contributed by atoms with E-state index in [0.717, 1.165) is 25.1 Å². The minimum Gasteiger partial charge on any atom is -0.427 e. The van der Waals surface area contributed by atoms with Crippen molar-refractivity contribution in [2.24, 2.45) is 0 Å². The largest absolute Gasteiger partial charge is 0.427 e. The lowest BCUT2D eigenvalue weighted by Gasteiger charge is -2.25. The van der Waals surface area contributed by atoms with E-state index in [2.05, 4.69) is 25.3 Å². The summed E-state index contributed by atoms with van der Waals surface area (Å²) in [5, 5.41) is 0. The lowest BCUT2D eigenvalue weighted by molar-refractivity contribution is -0.134. The predicted molar refractivity (Wildman–Crippen MR) is 100 cm³/mol. The van der Waals surface area contributed by atoms with Crippen molar-refractivity contribution in [2.45, 2.75) is 51.3 Å². The van der Waals surface area contributed by atoms with Crippen LogP contribution >= 0.6 is 0 Å². The first-order chi connectivity index (χ1) is 11.8. The fourth-order valence-corrected chi connectivity index (χ4v) is 3.70. The van der Waals surface area contributed by atoms with Crippen molar-refractivity contribution in [3.63, 3.8) is 0 Å². The van der Waals surface area contributed by atoms with Gasteiger partial charge in [-0.15, -0.1) is 0 Å². The van der Waals surface area contributed by atoms with Crippen LogP contribution in [0.25, 0.3) is 0 Å². The van der Waals surface area contributed by atoms with Crippen LogP contribution in [0.2, 0.25) is 0 Å². The number of hydrogen-bond donors (Lipinski definition) is 0. The third-order valence-electron chi connectivity index (χ3n) is 3.89. The summed E-state index contributed by atoms with van der Waals surface area (Å²) in [5.41, 5.74) is 1.04. The van der Waals surface area contributed by atoms with E-state index in [-0.39, 0.29) is 23.0 Å². The van der Waals surface area contributed by atoms with Crippen molar-refractivity contribution < 1.29 is 17.9 Å². The number of esters is 1. The zero-order valence-corrected chi connectivity index (χ0v) is 16.3. The van der Waals surface area contributed by atoms with Gasteiger partial charge in [-0.3, -0.25) is 4.79 Å². The molecule has 0 radical (unpaired) electrons. The van der Waals surface area contributed by atoms with Gasteiger partial charge in [0.05, 0.1) is 10.6 Å². The molecular weight excluding hydrogens is 338 g/mol. The van der Waals surface area contributed by atoms with Crippen molar-refractivity contribution in [2.75, 3.05) is 18.8 Å². The third-order valence-corrected chi connectivity index (χ3v) is 5.71. The van der Waals surface area contributed by atoms with Crippen LogP contribution in [0.5, 0.6) is 5.75 Å². The van der Waals surface area contributed by atoms with Crippen molar-refractivity contribution >= 4 is 15.8 Å². The molecule has 1 rings (SSSR count). The summed E-state index contributed by atoms with van der Waals surface area (Å²) in [4.78, 5) is 13.7. The van der Waals surface area contributed by atoms with E-state index < -0.39 is 9.84 Å². The van der Waals surface area contributed by atoms with Gasteiger partial charge < -0.3 is 9.64 Å². The molecule has 1 aromatic rings. The van der Waals surface area contributed by atoms with Gasteiger partial charge in [0, 0.05) is 25.2 Å². The van der Waals surface area contributed by atoms with Crippen LogP contribution in [-0.4, -0.2) is 38.1 Å². The number of benzene rings is 1. The molecule has 0 fully saturated rings. The first-order valence-corrected chi connectivity index (χ1v) is 10.5. The Balaban J connectivity index is 2.65. The maximum absolute atomic E-state index is 12.5. The van der Waals surface area contributed by atoms with Gasteiger partial charge in [-0.1, -0.05) is 27.4 Å². The first-order valence-electron chi connectivity index (χ1n) is 8.80. The third kappa shape index (κ3) is 6.90. The zero-order chi connectivity index (χ0) is 18.9. The van der Waals surface area contributed by atoms with Crippen molar-refractivity contribution in [1.82, 2.24) is 4.90 Å². The second-order valence-electron chi connectivity index (χ2n) is 5.88. The summed E-state index contributed by atoms with van der Waals surface area (Å²) < 4.78 is 30.0. The molecule has 0 heterocycles. The fourth-order valence-electron chi connectivity index (χ4n) is 2.40. The number of rotatable bonds is 11. The Kier molecular flexibility index (Phi) is 8.69. The quantitative estimate of drug-likeness (QED) is 0.440. The Morgan fingerprint density at radius 1 is 1.08 bits per heavy atom. The summed E-state index contributed by atoms with van der Waals surface area (Å²) in [6.07, 6.45) is 2.69. The average Bonchev–Trinajstić information content (AvgIpc) is 2.60. The summed E-state index contributed by atoms with van der Waals surface area (Å²) in [5.74, 6) is 0.0973. The van der Waals surface area contributed by atoms with Gasteiger partial charge in [-0.25, -0.2) is 8.42 Å². The monoisotopic (exact) mass is 367 g/mol. The Morgan fingerprint density at radius 2 is 1.72 bits per heavy atom. The van der Waals surface area contributed by atoms with E-state index in [1.54, 1.807) is 6.92 Å². The SMILES string of the molecule is C=C(CC)N(CCC)CCCS(=O)(=O)c1ccc(OC(=O)CC)cc1. The molecular formula is C19H29NO4S. The van der Waals surface area contributed by atoms with E-state index in [9.17, 15) is 13.2 Å². The van der Waals surface area contributed by atoms with Crippen LogP contribution in [0, 0.1) is 0 Å². The number of sulfone groups is 1. The first kappa shape index (κ1) is 21.2. The Hall–Kier alpha value is -1.82. The molecule has 6 heteroatoms. The number of allylic oxidation sites excluding steroid dienone is 1. The molecule has 0 saturated carbocycles. The molecule has 1 aromatic carbocycles. The maximum atomic E-state index is 12.5. The molecule has 0 bridgehead atoms. The van der Waals surface area contributed by atoms with E-state index >= 15 is 0 Å². The molecule has 0 aliphatic carbocycles. The minimum absolute atomic E-state index is 0.0816. The smallest absolute Gasteiger partial charge is 0.310 e. The molecule has 0 atom stereocenters. The highest BCUT2D eigenvalue weighted by Gasteiger charge is 2.16. The number of carbonyl (C=O) groups is 1. The predicted octanol–water partition coefficient (Wildman–Crippen LogP) is 3.80. The summed E-state index contributed by atoms with van der Waals surface area (Å²) >= 11 is 0. The van der Waals surface area contributed by atoms with Crippen LogP contribution in [0.1, 0.15) is 46.5 Å². The molecule has 0 unspecified atom stereocenters. The van der Waals surface area contributed by atoms with Crippen LogP contribution in [0.4, 0.5) is 0 Å². The van der Waals surface area contributed by atoms with Crippen LogP contribution < -0.4 is 4.74 Å². The number of nitrogens with zero attached hydrogens (tertiary/aromatic N) is 1. The van der Waals surface area contributed by atoms with Gasteiger partial charge in [-0.2, -0.15) is 0 Å². The molecule has 5 nitrogen and oxygen atoms in total. The van der Waals surface area contributed by atoms with E-state index in [1.165, 1.54) is 24.3 Å².